The number of hydrogen-bond acceptors (Lipinski definition) is 4. The number of rotatable bonds is 3. The van der Waals surface area contributed by atoms with Gasteiger partial charge in [0.1, 0.15) is 5.75 Å². The maximum Gasteiger partial charge on any atom is 0.271 e. The number of para-hydroxylation sites is 1. The van der Waals surface area contributed by atoms with Crippen molar-refractivity contribution in [2.24, 2.45) is 12.8 Å². The summed E-state index contributed by atoms with van der Waals surface area (Å²) in [6, 6.07) is 9.28. The second-order valence-corrected chi connectivity index (χ2v) is 5.29. The zero-order valence-electron chi connectivity index (χ0n) is 12.2. The van der Waals surface area contributed by atoms with Crippen molar-refractivity contribution in [3.63, 3.8) is 0 Å². The van der Waals surface area contributed by atoms with Gasteiger partial charge in [0.25, 0.3) is 5.56 Å². The lowest BCUT2D eigenvalue weighted by atomic mass is 9.95. The lowest BCUT2D eigenvalue weighted by Crippen LogP contribution is -2.38. The van der Waals surface area contributed by atoms with Gasteiger partial charge in [0.05, 0.1) is 12.8 Å². The molecule has 0 saturated heterocycles. The first-order chi connectivity index (χ1) is 9.34. The molecule has 0 aliphatic carbocycles. The van der Waals surface area contributed by atoms with Crippen molar-refractivity contribution >= 4 is 0 Å². The summed E-state index contributed by atoms with van der Waals surface area (Å²) in [4.78, 5) is 12.1. The van der Waals surface area contributed by atoms with Crippen molar-refractivity contribution in [1.29, 1.82) is 0 Å². The molecule has 5 nitrogen and oxygen atoms in total. The summed E-state index contributed by atoms with van der Waals surface area (Å²) < 4.78 is 6.65. The molecule has 0 amide bonds. The van der Waals surface area contributed by atoms with Gasteiger partial charge in [-0.3, -0.25) is 4.79 Å². The third-order valence-corrected chi connectivity index (χ3v) is 3.14. The first kappa shape index (κ1) is 14.3. The van der Waals surface area contributed by atoms with Crippen LogP contribution >= 0.6 is 0 Å². The molecule has 0 bridgehead atoms. The fourth-order valence-electron chi connectivity index (χ4n) is 2.06. The van der Waals surface area contributed by atoms with E-state index in [1.54, 1.807) is 34.1 Å². The lowest BCUT2D eigenvalue weighted by molar-refractivity contribution is 0.416. The van der Waals surface area contributed by atoms with Crippen molar-refractivity contribution in [3.05, 3.63) is 46.2 Å². The topological polar surface area (TPSA) is 70.1 Å². The Morgan fingerprint density at radius 3 is 2.55 bits per heavy atom. The molecule has 20 heavy (non-hydrogen) atoms. The molecule has 106 valence electrons. The van der Waals surface area contributed by atoms with Crippen LogP contribution in [0.15, 0.2) is 35.1 Å². The van der Waals surface area contributed by atoms with Gasteiger partial charge in [-0.2, -0.15) is 5.10 Å². The fourth-order valence-corrected chi connectivity index (χ4v) is 2.06. The second-order valence-electron chi connectivity index (χ2n) is 5.29. The van der Waals surface area contributed by atoms with E-state index in [9.17, 15) is 4.79 Å². The van der Waals surface area contributed by atoms with Crippen LogP contribution in [0.1, 0.15) is 19.4 Å². The summed E-state index contributed by atoms with van der Waals surface area (Å²) >= 11 is 0. The third kappa shape index (κ3) is 2.58. The van der Waals surface area contributed by atoms with Crippen molar-refractivity contribution in [2.45, 2.75) is 19.4 Å². The monoisotopic (exact) mass is 273 g/mol. The summed E-state index contributed by atoms with van der Waals surface area (Å²) in [5, 5.41) is 4.29. The van der Waals surface area contributed by atoms with Crippen LogP contribution in [0.25, 0.3) is 11.3 Å². The zero-order chi connectivity index (χ0) is 14.9. The van der Waals surface area contributed by atoms with E-state index in [0.29, 0.717) is 17.0 Å². The SMILES string of the molecule is COc1ccccc1-c1cc(C(C)(C)N)c(=O)n(C)n1. The molecule has 0 saturated carbocycles. The first-order valence-electron chi connectivity index (χ1n) is 6.35. The van der Waals surface area contributed by atoms with Gasteiger partial charge >= 0.3 is 0 Å². The Bertz CT molecular complexity index is 684. The molecule has 0 fully saturated rings. The van der Waals surface area contributed by atoms with Crippen molar-refractivity contribution < 1.29 is 4.74 Å². The fraction of sp³-hybridized carbons (Fsp3) is 0.333. The van der Waals surface area contributed by atoms with Crippen LogP contribution in [0.5, 0.6) is 5.75 Å². The Balaban J connectivity index is 2.71. The molecule has 1 heterocycles. The molecule has 2 N–H and O–H groups in total. The number of nitrogens with zero attached hydrogens (tertiary/aromatic N) is 2. The van der Waals surface area contributed by atoms with E-state index in [2.05, 4.69) is 5.10 Å². The molecule has 2 rings (SSSR count). The number of methoxy groups -OCH3 is 1. The van der Waals surface area contributed by atoms with Gasteiger partial charge in [-0.1, -0.05) is 12.1 Å². The minimum Gasteiger partial charge on any atom is -0.496 e. The highest BCUT2D eigenvalue weighted by Gasteiger charge is 2.21. The minimum atomic E-state index is -0.728. The molecule has 1 aromatic carbocycles. The van der Waals surface area contributed by atoms with Gasteiger partial charge in [-0.05, 0) is 32.0 Å². The van der Waals surface area contributed by atoms with E-state index >= 15 is 0 Å². The largest absolute Gasteiger partial charge is 0.496 e. The summed E-state index contributed by atoms with van der Waals surface area (Å²) in [5.74, 6) is 0.708. The Morgan fingerprint density at radius 1 is 1.30 bits per heavy atom. The van der Waals surface area contributed by atoms with Crippen LogP contribution in [-0.2, 0) is 12.6 Å². The zero-order valence-corrected chi connectivity index (χ0v) is 12.2. The predicted octanol–water partition coefficient (Wildman–Crippen LogP) is 1.65. The van der Waals surface area contributed by atoms with Crippen molar-refractivity contribution in [1.82, 2.24) is 9.78 Å². The summed E-state index contributed by atoms with van der Waals surface area (Å²) in [6.45, 7) is 3.60. The molecule has 0 aliphatic rings. The predicted molar refractivity (Wildman–Crippen MR) is 78.7 cm³/mol. The number of aromatic nitrogens is 2. The van der Waals surface area contributed by atoms with E-state index in [1.807, 2.05) is 24.3 Å². The number of nitrogens with two attached hydrogens (primary N) is 1. The second kappa shape index (κ2) is 5.09. The number of aryl methyl sites for hydroxylation is 1. The van der Waals surface area contributed by atoms with Gasteiger partial charge < -0.3 is 10.5 Å². The van der Waals surface area contributed by atoms with Gasteiger partial charge in [0.15, 0.2) is 0 Å². The summed E-state index contributed by atoms with van der Waals surface area (Å²) in [7, 11) is 3.23. The van der Waals surface area contributed by atoms with Crippen LogP contribution in [0.4, 0.5) is 0 Å². The molecular formula is C15H19N3O2. The normalized spacial score (nSPS) is 11.4. The summed E-state index contributed by atoms with van der Waals surface area (Å²) in [5.41, 5.74) is 7.18. The van der Waals surface area contributed by atoms with E-state index < -0.39 is 5.54 Å². The van der Waals surface area contributed by atoms with Gasteiger partial charge in [0.2, 0.25) is 0 Å². The number of benzene rings is 1. The van der Waals surface area contributed by atoms with E-state index in [1.165, 1.54) is 4.68 Å². The van der Waals surface area contributed by atoms with E-state index in [4.69, 9.17) is 10.5 Å². The third-order valence-electron chi connectivity index (χ3n) is 3.14. The number of ether oxygens (including phenoxy) is 1. The van der Waals surface area contributed by atoms with Gasteiger partial charge in [-0.25, -0.2) is 4.68 Å². The Hall–Kier alpha value is -2.14. The van der Waals surface area contributed by atoms with Gasteiger partial charge in [-0.15, -0.1) is 0 Å². The highest BCUT2D eigenvalue weighted by atomic mass is 16.5. The highest BCUT2D eigenvalue weighted by molar-refractivity contribution is 5.67. The first-order valence-corrected chi connectivity index (χ1v) is 6.35. The lowest BCUT2D eigenvalue weighted by Gasteiger charge is -2.20. The smallest absolute Gasteiger partial charge is 0.271 e. The minimum absolute atomic E-state index is 0.184. The maximum absolute atomic E-state index is 12.1. The average molecular weight is 273 g/mol. The van der Waals surface area contributed by atoms with Crippen LogP contribution in [-0.4, -0.2) is 16.9 Å². The van der Waals surface area contributed by atoms with Crippen LogP contribution in [0.2, 0.25) is 0 Å². The Morgan fingerprint density at radius 2 is 1.95 bits per heavy atom. The van der Waals surface area contributed by atoms with Crippen LogP contribution < -0.4 is 16.0 Å². The molecule has 0 radical (unpaired) electrons. The Labute approximate surface area is 118 Å². The molecule has 2 aromatic rings. The molecule has 5 heteroatoms. The van der Waals surface area contributed by atoms with E-state index in [-0.39, 0.29) is 5.56 Å². The summed E-state index contributed by atoms with van der Waals surface area (Å²) in [6.07, 6.45) is 0. The molecular weight excluding hydrogens is 254 g/mol. The molecule has 0 unspecified atom stereocenters. The standard InChI is InChI=1S/C15H19N3O2/c1-15(2,16)11-9-12(17-18(3)14(11)19)10-7-5-6-8-13(10)20-4/h5-9H,16H2,1-4H3. The van der Waals surface area contributed by atoms with Crippen LogP contribution in [0, 0.1) is 0 Å². The molecule has 0 aliphatic heterocycles. The molecule has 1 aromatic heterocycles. The van der Waals surface area contributed by atoms with E-state index in [0.717, 1.165) is 5.56 Å². The van der Waals surface area contributed by atoms with Gasteiger partial charge in [0, 0.05) is 23.7 Å². The average Bonchev–Trinajstić information content (AvgIpc) is 2.40. The Kier molecular flexibility index (Phi) is 3.63. The van der Waals surface area contributed by atoms with Crippen molar-refractivity contribution in [2.75, 3.05) is 7.11 Å². The number of hydrogen-bond donors (Lipinski definition) is 1. The van der Waals surface area contributed by atoms with Crippen molar-refractivity contribution in [3.8, 4) is 17.0 Å². The highest BCUT2D eigenvalue weighted by Crippen LogP contribution is 2.28. The quantitative estimate of drug-likeness (QED) is 0.923. The molecule has 0 atom stereocenters. The maximum atomic E-state index is 12.1. The van der Waals surface area contributed by atoms with Crippen LogP contribution in [0.3, 0.4) is 0 Å². The molecule has 0 spiro atoms.